The summed E-state index contributed by atoms with van der Waals surface area (Å²) >= 11 is 6.75. The minimum Gasteiger partial charge on any atom is -0.490 e. The van der Waals surface area contributed by atoms with E-state index in [1.165, 1.54) is 24.6 Å². The Hall–Kier alpha value is -5.99. The second-order valence-corrected chi connectivity index (χ2v) is 15.0. The first-order valence-electron chi connectivity index (χ1n) is 19.5. The number of ketones is 2. The van der Waals surface area contributed by atoms with Gasteiger partial charge in [-0.2, -0.15) is 5.26 Å². The largest absolute Gasteiger partial charge is 0.490 e. The molecule has 1 unspecified atom stereocenters. The lowest BCUT2D eigenvalue weighted by Gasteiger charge is -2.27. The third-order valence-corrected chi connectivity index (χ3v) is 10.5. The summed E-state index contributed by atoms with van der Waals surface area (Å²) in [6, 6.07) is 19.1. The number of anilines is 2. The highest BCUT2D eigenvalue weighted by Gasteiger charge is 2.42. The van der Waals surface area contributed by atoms with E-state index in [1.807, 2.05) is 30.3 Å². The van der Waals surface area contributed by atoms with E-state index in [9.17, 15) is 24.4 Å². The third-order valence-electron chi connectivity index (χ3n) is 10.3. The number of aromatic nitrogens is 1. The van der Waals surface area contributed by atoms with Crippen molar-refractivity contribution in [2.24, 2.45) is 0 Å². The number of nitriles is 1. The van der Waals surface area contributed by atoms with Gasteiger partial charge in [0.05, 0.1) is 40.1 Å². The summed E-state index contributed by atoms with van der Waals surface area (Å²) in [7, 11) is 0. The number of amides is 2. The number of rotatable bonds is 20. The highest BCUT2D eigenvalue weighted by Crippen LogP contribution is 2.39. The van der Waals surface area contributed by atoms with Crippen molar-refractivity contribution in [2.75, 3.05) is 18.5 Å². The molecule has 58 heavy (non-hydrogen) atoms. The van der Waals surface area contributed by atoms with E-state index in [-0.39, 0.29) is 53.8 Å². The van der Waals surface area contributed by atoms with Gasteiger partial charge in [-0.05, 0) is 85.4 Å². The van der Waals surface area contributed by atoms with Gasteiger partial charge in [-0.1, -0.05) is 81.7 Å². The molecule has 11 nitrogen and oxygen atoms in total. The summed E-state index contributed by atoms with van der Waals surface area (Å²) in [5.74, 6) is -0.249. The van der Waals surface area contributed by atoms with Crippen molar-refractivity contribution >= 4 is 46.6 Å². The van der Waals surface area contributed by atoms with Gasteiger partial charge in [-0.3, -0.25) is 24.1 Å². The molecule has 0 saturated carbocycles. The molecule has 3 aromatic carbocycles. The molecule has 302 valence electrons. The number of carbonyl (C=O) groups excluding carboxylic acids is 4. The summed E-state index contributed by atoms with van der Waals surface area (Å²) in [6.07, 6.45) is 9.00. The molecule has 0 saturated heterocycles. The standard InChI is InChI=1S/C46H49ClN4O7/c1-7-10-11-12-30(8-2)28-57-37-17-13-32(14-18-37)46(5,6)33-23-31(27-48)43(40(47)24-33)56-22-21-35-26-42(58-50-35)49-34-15-19-38-39(25-34)45(55)51(44(38)54)41(29(4)52)20-16-36(53)9-3/h10-15,17-19,23-26,41,49H,7-9,16,20-22,28H2,1-6H3/b11-10+,30-12+. The average molecular weight is 805 g/mol. The molecule has 1 aliphatic rings. The smallest absolute Gasteiger partial charge is 0.262 e. The zero-order valence-electron chi connectivity index (χ0n) is 33.8. The van der Waals surface area contributed by atoms with Gasteiger partial charge in [0.2, 0.25) is 5.88 Å². The molecule has 0 fully saturated rings. The molecule has 4 aromatic rings. The maximum Gasteiger partial charge on any atom is 0.262 e. The Labute approximate surface area is 344 Å². The number of halogens is 1. The molecular formula is C46H49ClN4O7. The van der Waals surface area contributed by atoms with E-state index in [0.717, 1.165) is 34.6 Å². The third kappa shape index (κ3) is 10.1. The van der Waals surface area contributed by atoms with Crippen LogP contribution in [0, 0.1) is 11.3 Å². The van der Waals surface area contributed by atoms with Crippen LogP contribution in [0.1, 0.15) is 117 Å². The van der Waals surface area contributed by atoms with Crippen molar-refractivity contribution in [3.05, 3.63) is 123 Å². The lowest BCUT2D eigenvalue weighted by Crippen LogP contribution is -2.44. The number of fused-ring (bicyclic) bond motifs is 1. The monoisotopic (exact) mass is 804 g/mol. The predicted molar refractivity (Wildman–Crippen MR) is 223 cm³/mol. The van der Waals surface area contributed by atoms with E-state index in [4.69, 9.17) is 25.6 Å². The normalized spacial score (nSPS) is 13.4. The lowest BCUT2D eigenvalue weighted by atomic mass is 9.77. The fourth-order valence-electron chi connectivity index (χ4n) is 6.60. The fourth-order valence-corrected chi connectivity index (χ4v) is 6.87. The van der Waals surface area contributed by atoms with Crippen LogP contribution in [-0.4, -0.2) is 52.7 Å². The summed E-state index contributed by atoms with van der Waals surface area (Å²) in [6.45, 7) is 12.1. The first-order valence-corrected chi connectivity index (χ1v) is 19.9. The number of carbonyl (C=O) groups is 4. The van der Waals surface area contributed by atoms with Crippen LogP contribution in [0.4, 0.5) is 11.6 Å². The number of nitrogens with zero attached hydrogens (tertiary/aromatic N) is 3. The van der Waals surface area contributed by atoms with Crippen LogP contribution < -0.4 is 14.8 Å². The summed E-state index contributed by atoms with van der Waals surface area (Å²) < 4.78 is 17.5. The molecule has 0 bridgehead atoms. The van der Waals surface area contributed by atoms with Crippen LogP contribution >= 0.6 is 11.6 Å². The molecule has 0 radical (unpaired) electrons. The van der Waals surface area contributed by atoms with E-state index >= 15 is 0 Å². The van der Waals surface area contributed by atoms with Gasteiger partial charge < -0.3 is 19.3 Å². The van der Waals surface area contributed by atoms with Crippen LogP contribution in [0.15, 0.2) is 89.0 Å². The van der Waals surface area contributed by atoms with Crippen LogP contribution in [0.3, 0.4) is 0 Å². The number of imide groups is 1. The van der Waals surface area contributed by atoms with Gasteiger partial charge in [0, 0.05) is 36.4 Å². The van der Waals surface area contributed by atoms with Gasteiger partial charge in [0.1, 0.15) is 24.2 Å². The summed E-state index contributed by atoms with van der Waals surface area (Å²) in [5, 5.41) is 17.6. The van der Waals surface area contributed by atoms with Crippen molar-refractivity contribution < 1.29 is 33.2 Å². The Morgan fingerprint density at radius 1 is 0.983 bits per heavy atom. The number of Topliss-reactive ketones (excluding diaryl/α,β-unsaturated/α-hetero) is 2. The van der Waals surface area contributed by atoms with Crippen LogP contribution in [0.2, 0.25) is 5.02 Å². The molecule has 1 aliphatic heterocycles. The van der Waals surface area contributed by atoms with Gasteiger partial charge in [-0.15, -0.1) is 0 Å². The van der Waals surface area contributed by atoms with E-state index in [0.29, 0.717) is 41.4 Å². The number of nitrogens with one attached hydrogen (secondary N) is 1. The molecule has 0 spiro atoms. The number of allylic oxidation sites excluding steroid dienone is 3. The lowest BCUT2D eigenvalue weighted by molar-refractivity contribution is -0.122. The van der Waals surface area contributed by atoms with Gasteiger partial charge in [-0.25, -0.2) is 0 Å². The number of ether oxygens (including phenoxy) is 2. The van der Waals surface area contributed by atoms with Gasteiger partial charge in [0.25, 0.3) is 11.8 Å². The highest BCUT2D eigenvalue weighted by molar-refractivity contribution is 6.32. The molecule has 1 atom stereocenters. The van der Waals surface area contributed by atoms with Crippen molar-refractivity contribution in [1.82, 2.24) is 10.1 Å². The first-order chi connectivity index (χ1) is 27.8. The van der Waals surface area contributed by atoms with Crippen LogP contribution in [0.25, 0.3) is 0 Å². The summed E-state index contributed by atoms with van der Waals surface area (Å²) in [5.41, 5.74) is 4.26. The number of hydrogen-bond acceptors (Lipinski definition) is 10. The van der Waals surface area contributed by atoms with Gasteiger partial charge >= 0.3 is 0 Å². The van der Waals surface area contributed by atoms with E-state index < -0.39 is 23.3 Å². The number of hydrogen-bond donors (Lipinski definition) is 1. The highest BCUT2D eigenvalue weighted by atomic mass is 35.5. The zero-order valence-corrected chi connectivity index (χ0v) is 34.6. The molecule has 1 aromatic heterocycles. The Morgan fingerprint density at radius 2 is 1.72 bits per heavy atom. The first kappa shape index (κ1) is 43.1. The van der Waals surface area contributed by atoms with Crippen molar-refractivity contribution in [1.29, 1.82) is 5.26 Å². The van der Waals surface area contributed by atoms with E-state index in [1.54, 1.807) is 25.1 Å². The van der Waals surface area contributed by atoms with Crippen molar-refractivity contribution in [3.63, 3.8) is 0 Å². The summed E-state index contributed by atoms with van der Waals surface area (Å²) in [4.78, 5) is 51.8. The number of benzene rings is 3. The Balaban J connectivity index is 1.19. The van der Waals surface area contributed by atoms with Crippen molar-refractivity contribution in [2.45, 2.75) is 91.5 Å². The molecule has 12 heteroatoms. The predicted octanol–water partition coefficient (Wildman–Crippen LogP) is 9.88. The van der Waals surface area contributed by atoms with Gasteiger partial charge in [0.15, 0.2) is 11.5 Å². The Kier molecular flexibility index (Phi) is 14.5. The topological polar surface area (TPSA) is 152 Å². The van der Waals surface area contributed by atoms with Crippen LogP contribution in [-0.2, 0) is 21.4 Å². The van der Waals surface area contributed by atoms with Crippen molar-refractivity contribution in [3.8, 4) is 17.6 Å². The second kappa shape index (κ2) is 19.4. The zero-order chi connectivity index (χ0) is 42.0. The maximum absolute atomic E-state index is 13.4. The molecule has 0 aliphatic carbocycles. The average Bonchev–Trinajstić information content (AvgIpc) is 3.76. The minimum absolute atomic E-state index is 0.0493. The minimum atomic E-state index is -1.02. The second-order valence-electron chi connectivity index (χ2n) is 14.6. The Morgan fingerprint density at radius 3 is 2.40 bits per heavy atom. The molecule has 2 amide bonds. The Bertz CT molecular complexity index is 2270. The quantitative estimate of drug-likeness (QED) is 0.0675. The fraction of sp³-hybridized carbons (Fsp3) is 0.348. The SMILES string of the molecule is CC/C=C/C=C(\CC)COc1ccc(C(C)(C)c2cc(Cl)c(OCCc3cc(Nc4ccc5c(c4)C(=O)N(C(CCC(=O)CC)C(C)=O)C5=O)on3)c(C#N)c2)cc1. The van der Waals surface area contributed by atoms with Crippen LogP contribution in [0.5, 0.6) is 11.5 Å². The van der Waals surface area contributed by atoms with E-state index in [2.05, 4.69) is 62.5 Å². The molecule has 2 heterocycles. The molecule has 1 N–H and O–H groups in total. The maximum atomic E-state index is 13.4. The molecular weight excluding hydrogens is 756 g/mol. The molecule has 5 rings (SSSR count).